The van der Waals surface area contributed by atoms with Crippen molar-refractivity contribution in [2.75, 3.05) is 19.5 Å². The van der Waals surface area contributed by atoms with E-state index in [-0.39, 0.29) is 0 Å². The first kappa shape index (κ1) is 22.8. The van der Waals surface area contributed by atoms with E-state index < -0.39 is 5.63 Å². The highest BCUT2D eigenvalue weighted by Gasteiger charge is 2.15. The minimum Gasteiger partial charge on any atom is -0.495 e. The second kappa shape index (κ2) is 9.32. The molecule has 2 aromatic heterocycles. The van der Waals surface area contributed by atoms with Gasteiger partial charge in [0.15, 0.2) is 0 Å². The summed E-state index contributed by atoms with van der Waals surface area (Å²) in [5.41, 5.74) is 8.23. The lowest BCUT2D eigenvalue weighted by molar-refractivity contribution is 0.405. The zero-order valence-electron chi connectivity index (χ0n) is 18.8. The molecule has 0 fully saturated rings. The third-order valence-electron chi connectivity index (χ3n) is 5.53. The number of halogens is 1. The van der Waals surface area contributed by atoms with E-state index in [9.17, 15) is 4.79 Å². The highest BCUT2D eigenvalue weighted by atomic mass is 35.5. The van der Waals surface area contributed by atoms with Gasteiger partial charge in [-0.15, -0.1) is 11.3 Å². The molecule has 5 aromatic rings. The summed E-state index contributed by atoms with van der Waals surface area (Å²) in [6.45, 7) is 0. The Hall–Kier alpha value is -4.01. The molecule has 0 amide bonds. The molecule has 0 spiro atoms. The first-order valence-electron chi connectivity index (χ1n) is 10.5. The lowest BCUT2D eigenvalue weighted by Crippen LogP contribution is -2.04. The van der Waals surface area contributed by atoms with E-state index in [1.165, 1.54) is 18.4 Å². The van der Waals surface area contributed by atoms with Gasteiger partial charge in [0.2, 0.25) is 0 Å². The van der Waals surface area contributed by atoms with Gasteiger partial charge in [-0.25, -0.2) is 9.78 Å². The van der Waals surface area contributed by atoms with Crippen LogP contribution in [-0.4, -0.2) is 19.2 Å². The minimum atomic E-state index is -0.455. The van der Waals surface area contributed by atoms with E-state index in [2.05, 4.69) is 10.3 Å². The van der Waals surface area contributed by atoms with Gasteiger partial charge in [0.25, 0.3) is 0 Å². The molecule has 3 N–H and O–H groups in total. The molecule has 0 saturated heterocycles. The number of fused-ring (bicyclic) bond motifs is 3. The van der Waals surface area contributed by atoms with E-state index in [1.807, 2.05) is 42.5 Å². The summed E-state index contributed by atoms with van der Waals surface area (Å²) in [5.74, 6) is 1.02. The van der Waals surface area contributed by atoms with Gasteiger partial charge in [-0.3, -0.25) is 0 Å². The van der Waals surface area contributed by atoms with Crippen LogP contribution in [0.4, 0.5) is 5.69 Å². The van der Waals surface area contributed by atoms with Crippen molar-refractivity contribution in [3.8, 4) is 22.8 Å². The fourth-order valence-corrected chi connectivity index (χ4v) is 4.75. The monoisotopic (exact) mass is 505 g/mol. The zero-order valence-corrected chi connectivity index (χ0v) is 20.4. The molecular weight excluding hydrogens is 486 g/mol. The Morgan fingerprint density at radius 2 is 1.89 bits per heavy atom. The molecule has 0 unspecified atom stereocenters. The largest absolute Gasteiger partial charge is 0.495 e. The van der Waals surface area contributed by atoms with Crippen LogP contribution in [-0.2, 0) is 0 Å². The van der Waals surface area contributed by atoms with Crippen LogP contribution in [0, 0.1) is 0 Å². The first-order chi connectivity index (χ1) is 17.0. The molecule has 35 heavy (non-hydrogen) atoms. The Kier molecular flexibility index (Phi) is 6.07. The number of anilines is 1. The van der Waals surface area contributed by atoms with E-state index in [0.717, 1.165) is 16.2 Å². The number of methoxy groups -OCH3 is 2. The Morgan fingerprint density at radius 3 is 2.69 bits per heavy atom. The molecule has 3 aromatic carbocycles. The van der Waals surface area contributed by atoms with Crippen LogP contribution < -0.4 is 26.1 Å². The number of hydrogen-bond donors (Lipinski definition) is 2. The van der Waals surface area contributed by atoms with E-state index in [1.54, 1.807) is 30.8 Å². The van der Waals surface area contributed by atoms with Gasteiger partial charge in [0.05, 0.1) is 41.9 Å². The molecule has 9 heteroatoms. The maximum absolute atomic E-state index is 12.7. The predicted octanol–water partition coefficient (Wildman–Crippen LogP) is 6.11. The van der Waals surface area contributed by atoms with Crippen LogP contribution in [0.3, 0.4) is 0 Å². The molecule has 176 valence electrons. The molecule has 0 atom stereocenters. The maximum Gasteiger partial charge on any atom is 0.345 e. The number of nitrogens with two attached hydrogens (primary N) is 1. The van der Waals surface area contributed by atoms with Crippen molar-refractivity contribution in [3.05, 3.63) is 86.6 Å². The molecule has 0 aliphatic carbocycles. The van der Waals surface area contributed by atoms with Crippen molar-refractivity contribution in [1.29, 1.82) is 0 Å². The molecule has 0 radical (unpaired) electrons. The number of nitrogens with zero attached hydrogens (tertiary/aromatic N) is 1. The smallest absolute Gasteiger partial charge is 0.345 e. The van der Waals surface area contributed by atoms with Crippen molar-refractivity contribution >= 4 is 56.1 Å². The molecule has 2 heterocycles. The second-order valence-electron chi connectivity index (χ2n) is 7.61. The standard InChI is InChI=1S/C26H20ClN3O4S/c1-32-23-11-20(24(33-2)10-18(23)27)29-12-19(28)25-30-21(13-35-25)17-9-16-15-6-4-3-5-14(15)7-8-22(16)34-26(17)31/h3-13,29H,28H2,1-2H3/b19-12-. The number of nitrogens with one attached hydrogen (secondary N) is 1. The summed E-state index contributed by atoms with van der Waals surface area (Å²) in [6.07, 6.45) is 1.60. The molecule has 0 bridgehead atoms. The Labute approximate surface area is 209 Å². The maximum atomic E-state index is 12.7. The average molecular weight is 506 g/mol. The summed E-state index contributed by atoms with van der Waals surface area (Å²) in [7, 11) is 3.08. The molecular formula is C26H20ClN3O4S. The average Bonchev–Trinajstić information content (AvgIpc) is 3.37. The molecule has 0 saturated carbocycles. The fourth-order valence-electron chi connectivity index (χ4n) is 3.77. The van der Waals surface area contributed by atoms with Gasteiger partial charge in [-0.2, -0.15) is 0 Å². The van der Waals surface area contributed by atoms with Gasteiger partial charge in [-0.05, 0) is 22.9 Å². The zero-order chi connectivity index (χ0) is 24.5. The van der Waals surface area contributed by atoms with Crippen LogP contribution in [0.2, 0.25) is 5.02 Å². The van der Waals surface area contributed by atoms with Crippen molar-refractivity contribution in [3.63, 3.8) is 0 Å². The fraction of sp³-hybridized carbons (Fsp3) is 0.0769. The third-order valence-corrected chi connectivity index (χ3v) is 6.71. The molecule has 0 aliphatic rings. The topological polar surface area (TPSA) is 99.6 Å². The number of benzene rings is 3. The molecule has 7 nitrogen and oxygen atoms in total. The van der Waals surface area contributed by atoms with Gasteiger partial charge < -0.3 is 24.9 Å². The van der Waals surface area contributed by atoms with Crippen molar-refractivity contribution in [2.24, 2.45) is 5.73 Å². The number of aromatic nitrogens is 1. The SMILES string of the molecule is COc1cc(N/C=C(\N)c2nc(-c3cc4c(ccc5ccccc54)oc3=O)cs2)c(OC)cc1Cl. The summed E-state index contributed by atoms with van der Waals surface area (Å²) >= 11 is 7.49. The number of rotatable bonds is 6. The Morgan fingerprint density at radius 1 is 1.09 bits per heavy atom. The Balaban J connectivity index is 1.48. The van der Waals surface area contributed by atoms with Crippen molar-refractivity contribution in [2.45, 2.75) is 0 Å². The van der Waals surface area contributed by atoms with E-state index in [0.29, 0.717) is 49.8 Å². The van der Waals surface area contributed by atoms with Crippen LogP contribution in [0.25, 0.3) is 38.7 Å². The Bertz CT molecular complexity index is 1660. The lowest BCUT2D eigenvalue weighted by atomic mass is 10.0. The van der Waals surface area contributed by atoms with Crippen molar-refractivity contribution < 1.29 is 13.9 Å². The normalized spacial score (nSPS) is 11.7. The molecule has 5 rings (SSSR count). The summed E-state index contributed by atoms with van der Waals surface area (Å²) < 4.78 is 16.2. The number of hydrogen-bond acceptors (Lipinski definition) is 8. The molecule has 0 aliphatic heterocycles. The van der Waals surface area contributed by atoms with Crippen LogP contribution in [0.5, 0.6) is 11.5 Å². The van der Waals surface area contributed by atoms with Gasteiger partial charge >= 0.3 is 5.63 Å². The second-order valence-corrected chi connectivity index (χ2v) is 8.88. The van der Waals surface area contributed by atoms with Gasteiger partial charge in [-0.1, -0.05) is 41.9 Å². The predicted molar refractivity (Wildman–Crippen MR) is 141 cm³/mol. The summed E-state index contributed by atoms with van der Waals surface area (Å²) in [5, 5.41) is 8.77. The number of ether oxygens (including phenoxy) is 2. The van der Waals surface area contributed by atoms with E-state index >= 15 is 0 Å². The summed E-state index contributed by atoms with van der Waals surface area (Å²) in [4.78, 5) is 17.3. The number of thiazole rings is 1. The van der Waals surface area contributed by atoms with E-state index in [4.69, 9.17) is 31.2 Å². The highest BCUT2D eigenvalue weighted by Crippen LogP contribution is 2.36. The first-order valence-corrected chi connectivity index (χ1v) is 11.8. The summed E-state index contributed by atoms with van der Waals surface area (Å²) in [6, 6.07) is 16.9. The highest BCUT2D eigenvalue weighted by molar-refractivity contribution is 7.11. The quantitative estimate of drug-likeness (QED) is 0.212. The van der Waals surface area contributed by atoms with Crippen LogP contribution >= 0.6 is 22.9 Å². The van der Waals surface area contributed by atoms with Gasteiger partial charge in [0.1, 0.15) is 22.1 Å². The minimum absolute atomic E-state index is 0.376. The van der Waals surface area contributed by atoms with Crippen molar-refractivity contribution in [1.82, 2.24) is 4.98 Å². The van der Waals surface area contributed by atoms with Gasteiger partial charge in [0, 0.05) is 29.1 Å². The third kappa shape index (κ3) is 4.29. The van der Waals surface area contributed by atoms with Crippen LogP contribution in [0.15, 0.2) is 75.4 Å². The van der Waals surface area contributed by atoms with Crippen LogP contribution in [0.1, 0.15) is 5.01 Å². The lowest BCUT2D eigenvalue weighted by Gasteiger charge is -2.12.